The Balaban J connectivity index is 1.71. The average molecular weight is 356 g/mol. The van der Waals surface area contributed by atoms with E-state index in [-0.39, 0.29) is 12.4 Å². The van der Waals surface area contributed by atoms with Crippen LogP contribution < -0.4 is 4.74 Å². The fraction of sp³-hybridized carbons (Fsp3) is 0.588. The van der Waals surface area contributed by atoms with Gasteiger partial charge in [-0.25, -0.2) is 0 Å². The first-order chi connectivity index (χ1) is 11.9. The summed E-state index contributed by atoms with van der Waals surface area (Å²) in [5.74, 6) is 0.609. The highest BCUT2D eigenvalue weighted by Crippen LogP contribution is 2.22. The molecule has 1 saturated heterocycles. The van der Waals surface area contributed by atoms with Crippen LogP contribution in [0.25, 0.3) is 0 Å². The number of ether oxygens (including phenoxy) is 3. The van der Waals surface area contributed by atoms with Gasteiger partial charge in [-0.1, -0.05) is 0 Å². The summed E-state index contributed by atoms with van der Waals surface area (Å²) in [5, 5.41) is 38.3. The molecule has 1 fully saturated rings. The molecule has 0 saturated carbocycles. The SMILES string of the molecule is CC(=O)c1ccc(OCCCO[C@@H]2O[C@H](CO)[C@@H](O)[C@H](O)[C@H]2O)cc1. The maximum Gasteiger partial charge on any atom is 0.186 e. The fourth-order valence-corrected chi connectivity index (χ4v) is 2.44. The lowest BCUT2D eigenvalue weighted by Crippen LogP contribution is -2.59. The highest BCUT2D eigenvalue weighted by Gasteiger charge is 2.43. The van der Waals surface area contributed by atoms with Gasteiger partial charge >= 0.3 is 0 Å². The molecule has 0 spiro atoms. The van der Waals surface area contributed by atoms with Crippen LogP contribution in [0.1, 0.15) is 23.7 Å². The first-order valence-electron chi connectivity index (χ1n) is 8.10. The van der Waals surface area contributed by atoms with Crippen molar-refractivity contribution < 1.29 is 39.4 Å². The van der Waals surface area contributed by atoms with E-state index in [1.165, 1.54) is 6.92 Å². The summed E-state index contributed by atoms with van der Waals surface area (Å²) < 4.78 is 16.1. The van der Waals surface area contributed by atoms with Gasteiger partial charge in [0.2, 0.25) is 0 Å². The summed E-state index contributed by atoms with van der Waals surface area (Å²) in [4.78, 5) is 11.2. The van der Waals surface area contributed by atoms with E-state index in [0.29, 0.717) is 24.3 Å². The molecule has 1 aliphatic heterocycles. The number of aliphatic hydroxyl groups is 4. The van der Waals surface area contributed by atoms with Gasteiger partial charge in [-0.3, -0.25) is 4.79 Å². The first kappa shape index (κ1) is 19.8. The average Bonchev–Trinajstić information content (AvgIpc) is 2.61. The lowest BCUT2D eigenvalue weighted by Gasteiger charge is -2.39. The standard InChI is InChI=1S/C17H24O8/c1-10(19)11-3-5-12(6-4-11)23-7-2-8-24-17-16(22)15(21)14(20)13(9-18)25-17/h3-6,13-18,20-22H,2,7-9H2,1H3/t13-,14-,15+,16-,17-/m1/s1. The lowest BCUT2D eigenvalue weighted by atomic mass is 9.99. The van der Waals surface area contributed by atoms with Crippen LogP contribution in [-0.4, -0.2) is 76.7 Å². The summed E-state index contributed by atoms with van der Waals surface area (Å²) in [7, 11) is 0. The number of aliphatic hydroxyl groups excluding tert-OH is 4. The topological polar surface area (TPSA) is 126 Å². The predicted molar refractivity (Wildman–Crippen MR) is 86.3 cm³/mol. The number of carbonyl (C=O) groups excluding carboxylic acids is 1. The van der Waals surface area contributed by atoms with E-state index >= 15 is 0 Å². The normalized spacial score (nSPS) is 29.4. The Morgan fingerprint density at radius 3 is 2.36 bits per heavy atom. The number of rotatable bonds is 8. The van der Waals surface area contributed by atoms with Gasteiger partial charge in [-0.05, 0) is 31.2 Å². The van der Waals surface area contributed by atoms with Gasteiger partial charge in [0.25, 0.3) is 0 Å². The smallest absolute Gasteiger partial charge is 0.186 e. The summed E-state index contributed by atoms with van der Waals surface area (Å²) in [6.07, 6.45) is -5.89. The number of carbonyl (C=O) groups is 1. The van der Waals surface area contributed by atoms with Crippen LogP contribution in [0, 0.1) is 0 Å². The summed E-state index contributed by atoms with van der Waals surface area (Å²) >= 11 is 0. The minimum atomic E-state index is -1.45. The van der Waals surface area contributed by atoms with E-state index < -0.39 is 37.3 Å². The van der Waals surface area contributed by atoms with Crippen LogP contribution in [0.4, 0.5) is 0 Å². The van der Waals surface area contributed by atoms with Crippen LogP contribution in [0.3, 0.4) is 0 Å². The zero-order chi connectivity index (χ0) is 18.4. The number of hydrogen-bond donors (Lipinski definition) is 4. The van der Waals surface area contributed by atoms with Gasteiger partial charge in [0, 0.05) is 12.0 Å². The van der Waals surface area contributed by atoms with Gasteiger partial charge in [0.1, 0.15) is 30.2 Å². The minimum Gasteiger partial charge on any atom is -0.494 e. The molecule has 8 nitrogen and oxygen atoms in total. The van der Waals surface area contributed by atoms with E-state index in [1.807, 2.05) is 0 Å². The van der Waals surface area contributed by atoms with Crippen LogP contribution in [-0.2, 0) is 9.47 Å². The van der Waals surface area contributed by atoms with Crippen molar-refractivity contribution in [2.45, 2.75) is 44.1 Å². The van der Waals surface area contributed by atoms with Gasteiger partial charge < -0.3 is 34.6 Å². The van der Waals surface area contributed by atoms with Crippen molar-refractivity contribution in [3.8, 4) is 5.75 Å². The molecule has 0 bridgehead atoms. The van der Waals surface area contributed by atoms with Gasteiger partial charge in [0.15, 0.2) is 12.1 Å². The lowest BCUT2D eigenvalue weighted by molar-refractivity contribution is -0.301. The van der Waals surface area contributed by atoms with Crippen LogP contribution in [0.15, 0.2) is 24.3 Å². The Morgan fingerprint density at radius 2 is 1.76 bits per heavy atom. The fourth-order valence-electron chi connectivity index (χ4n) is 2.44. The zero-order valence-corrected chi connectivity index (χ0v) is 13.9. The van der Waals surface area contributed by atoms with E-state index in [0.717, 1.165) is 0 Å². The van der Waals surface area contributed by atoms with Gasteiger partial charge in [-0.15, -0.1) is 0 Å². The second-order valence-electron chi connectivity index (χ2n) is 5.85. The second-order valence-corrected chi connectivity index (χ2v) is 5.85. The Bertz CT molecular complexity index is 544. The molecule has 25 heavy (non-hydrogen) atoms. The van der Waals surface area contributed by atoms with E-state index in [4.69, 9.17) is 19.3 Å². The van der Waals surface area contributed by atoms with E-state index in [1.54, 1.807) is 24.3 Å². The maximum atomic E-state index is 11.2. The maximum absolute atomic E-state index is 11.2. The van der Waals surface area contributed by atoms with Crippen molar-refractivity contribution in [3.63, 3.8) is 0 Å². The Kier molecular flexibility index (Phi) is 7.30. The monoisotopic (exact) mass is 356 g/mol. The molecular weight excluding hydrogens is 332 g/mol. The Morgan fingerprint density at radius 1 is 1.08 bits per heavy atom. The third kappa shape index (κ3) is 5.21. The second kappa shape index (κ2) is 9.23. The van der Waals surface area contributed by atoms with Crippen molar-refractivity contribution in [2.75, 3.05) is 19.8 Å². The summed E-state index contributed by atoms with van der Waals surface area (Å²) in [6, 6.07) is 6.77. The van der Waals surface area contributed by atoms with Crippen LogP contribution >= 0.6 is 0 Å². The minimum absolute atomic E-state index is 0.0144. The molecule has 140 valence electrons. The molecule has 1 aromatic carbocycles. The molecule has 0 aromatic heterocycles. The Hall–Kier alpha value is -1.55. The van der Waals surface area contributed by atoms with E-state index in [2.05, 4.69) is 0 Å². The number of ketones is 1. The molecule has 5 atom stereocenters. The molecule has 0 aliphatic carbocycles. The highest BCUT2D eigenvalue weighted by molar-refractivity contribution is 5.94. The summed E-state index contributed by atoms with van der Waals surface area (Å²) in [5.41, 5.74) is 0.610. The van der Waals surface area contributed by atoms with Crippen LogP contribution in [0.5, 0.6) is 5.75 Å². The van der Waals surface area contributed by atoms with Crippen molar-refractivity contribution in [3.05, 3.63) is 29.8 Å². The molecule has 1 heterocycles. The molecule has 4 N–H and O–H groups in total. The molecule has 0 radical (unpaired) electrons. The van der Waals surface area contributed by atoms with Crippen molar-refractivity contribution in [1.82, 2.24) is 0 Å². The van der Waals surface area contributed by atoms with Crippen molar-refractivity contribution in [1.29, 1.82) is 0 Å². The molecule has 1 aromatic rings. The predicted octanol–water partition coefficient (Wildman–Crippen LogP) is -0.525. The Labute approximate surface area is 145 Å². The third-order valence-electron chi connectivity index (χ3n) is 3.95. The number of benzene rings is 1. The summed E-state index contributed by atoms with van der Waals surface area (Å²) in [6.45, 7) is 1.53. The van der Waals surface area contributed by atoms with Gasteiger partial charge in [0.05, 0.1) is 19.8 Å². The molecule has 0 amide bonds. The molecule has 0 unspecified atom stereocenters. The number of Topliss-reactive ketones (excluding diaryl/α,β-unsaturated/α-hetero) is 1. The molecule has 1 aliphatic rings. The molecule has 2 rings (SSSR count). The van der Waals surface area contributed by atoms with Crippen molar-refractivity contribution >= 4 is 5.78 Å². The molecular formula is C17H24O8. The van der Waals surface area contributed by atoms with E-state index in [9.17, 15) is 20.1 Å². The highest BCUT2D eigenvalue weighted by atomic mass is 16.7. The van der Waals surface area contributed by atoms with Gasteiger partial charge in [-0.2, -0.15) is 0 Å². The first-order valence-corrected chi connectivity index (χ1v) is 8.10. The largest absolute Gasteiger partial charge is 0.494 e. The molecule has 8 heteroatoms. The zero-order valence-electron chi connectivity index (χ0n) is 13.9. The van der Waals surface area contributed by atoms with Crippen LogP contribution in [0.2, 0.25) is 0 Å². The number of hydrogen-bond acceptors (Lipinski definition) is 8. The van der Waals surface area contributed by atoms with Crippen molar-refractivity contribution in [2.24, 2.45) is 0 Å². The third-order valence-corrected chi connectivity index (χ3v) is 3.95. The quantitative estimate of drug-likeness (QED) is 0.362.